The zero-order valence-electron chi connectivity index (χ0n) is 13.4. The fourth-order valence-electron chi connectivity index (χ4n) is 2.02. The van der Waals surface area contributed by atoms with Gasteiger partial charge in [0, 0.05) is 0 Å². The molecule has 4 heteroatoms. The molecule has 2 atom stereocenters. The van der Waals surface area contributed by atoms with E-state index >= 15 is 0 Å². The number of nitrogens with zero attached hydrogens (tertiary/aromatic N) is 1. The second-order valence-corrected chi connectivity index (χ2v) is 6.28. The van der Waals surface area contributed by atoms with E-state index in [4.69, 9.17) is 4.74 Å². The van der Waals surface area contributed by atoms with Gasteiger partial charge in [-0.15, -0.1) is 0 Å². The second-order valence-electron chi connectivity index (χ2n) is 4.08. The molecule has 1 rings (SSSR count). The molecular weight excluding hydrogens is 420 g/mol. The van der Waals surface area contributed by atoms with Gasteiger partial charge in [0.15, 0.2) is 0 Å². The summed E-state index contributed by atoms with van der Waals surface area (Å²) in [6, 6.07) is 0.0994. The monoisotopic (exact) mass is 446 g/mol. The van der Waals surface area contributed by atoms with Crippen LogP contribution >= 0.6 is 0 Å². The minimum atomic E-state index is 0.0613. The second kappa shape index (κ2) is 10.0. The maximum Gasteiger partial charge on any atom is -0.0683 e. The summed E-state index contributed by atoms with van der Waals surface area (Å²) in [6.07, 6.45) is 5.76. The van der Waals surface area contributed by atoms with Crippen LogP contribution in [0.5, 0.6) is 0 Å². The molecule has 0 aromatic heterocycles. The Labute approximate surface area is 134 Å². The summed E-state index contributed by atoms with van der Waals surface area (Å²) >= 11 is 1.43. The fourth-order valence-corrected chi connectivity index (χ4v) is 2.48. The molecule has 0 aliphatic carbocycles. The average molecular weight is 446 g/mol. The van der Waals surface area contributed by atoms with Gasteiger partial charge in [0.25, 0.3) is 0 Å². The van der Waals surface area contributed by atoms with E-state index in [0.29, 0.717) is 0 Å². The summed E-state index contributed by atoms with van der Waals surface area (Å²) in [5.74, 6) is 0.877. The van der Waals surface area contributed by atoms with Gasteiger partial charge in [-0.2, -0.15) is 0 Å². The van der Waals surface area contributed by atoms with Gasteiger partial charge < -0.3 is 0 Å². The van der Waals surface area contributed by atoms with E-state index in [-0.39, 0.29) is 12.1 Å². The summed E-state index contributed by atoms with van der Waals surface area (Å²) in [6.45, 7) is 13.9. The van der Waals surface area contributed by atoms with Gasteiger partial charge in [0.05, 0.1) is 0 Å². The van der Waals surface area contributed by atoms with Crippen molar-refractivity contribution in [3.63, 3.8) is 0 Å². The van der Waals surface area contributed by atoms with Crippen LogP contribution in [0.1, 0.15) is 34.6 Å². The molecule has 0 aromatic carbocycles. The van der Waals surface area contributed by atoms with E-state index in [1.807, 2.05) is 40.0 Å². The summed E-state index contributed by atoms with van der Waals surface area (Å²) in [7, 11) is 1.82. The summed E-state index contributed by atoms with van der Waals surface area (Å²) in [5.41, 5.74) is 2.05. The smallest absolute Gasteiger partial charge is 0.0683 e. The number of aliphatic imine (C=N–C) groups is 1. The zero-order valence-corrected chi connectivity index (χ0v) is 16.3. The third kappa shape index (κ3) is 4.95. The molecule has 1 fully saturated rings. The minimum Gasteiger partial charge on any atom is -0.0683 e. The molecule has 3 nitrogen and oxygen atoms in total. The van der Waals surface area contributed by atoms with Crippen molar-refractivity contribution < 1.29 is 24.1 Å². The quantitative estimate of drug-likeness (QED) is 0.723. The Balaban J connectivity index is 0.00000172. The maximum absolute atomic E-state index is 5.94. The first-order chi connectivity index (χ1) is 9.54. The minimum absolute atomic E-state index is 0.0613. The van der Waals surface area contributed by atoms with Crippen LogP contribution in [0.15, 0.2) is 41.1 Å². The number of nitrogens with one attached hydrogen (secondary N) is 1. The van der Waals surface area contributed by atoms with Crippen molar-refractivity contribution in [2.75, 3.05) is 7.05 Å². The normalized spacial score (nSPS) is 27.8. The van der Waals surface area contributed by atoms with Crippen LogP contribution < -0.4 is 5.32 Å². The molecule has 0 saturated carbocycles. The van der Waals surface area contributed by atoms with Crippen LogP contribution in [-0.2, 0) is 24.1 Å². The van der Waals surface area contributed by atoms with Crippen molar-refractivity contribution in [3.8, 4) is 0 Å². The van der Waals surface area contributed by atoms with Crippen molar-refractivity contribution in [2.45, 2.75) is 46.8 Å². The fraction of sp³-hybridized carbons (Fsp3) is 0.500. The Morgan fingerprint density at radius 3 is 2.45 bits per heavy atom. The van der Waals surface area contributed by atoms with E-state index < -0.39 is 0 Å². The number of hydrogen-bond acceptors (Lipinski definition) is 3. The van der Waals surface area contributed by atoms with E-state index in [1.54, 1.807) is 6.08 Å². The van der Waals surface area contributed by atoms with Gasteiger partial charge in [-0.25, -0.2) is 0 Å². The third-order valence-electron chi connectivity index (χ3n) is 2.76. The Morgan fingerprint density at radius 2 is 2.05 bits per heavy atom. The molecule has 1 saturated heterocycles. The molecule has 1 aliphatic heterocycles. The summed E-state index contributed by atoms with van der Waals surface area (Å²) in [4.78, 5) is 4.44. The molecular formula is C16H26N2OW. The van der Waals surface area contributed by atoms with E-state index in [9.17, 15) is 0 Å². The van der Waals surface area contributed by atoms with E-state index in [1.165, 1.54) is 23.4 Å². The van der Waals surface area contributed by atoms with Crippen LogP contribution in [-0.4, -0.2) is 28.9 Å². The molecule has 1 N–H and O–H groups in total. The van der Waals surface area contributed by atoms with Crippen LogP contribution in [0.25, 0.3) is 0 Å². The number of ether oxygens (including phenoxy) is 1. The van der Waals surface area contributed by atoms with Crippen LogP contribution in [0.4, 0.5) is 0 Å². The number of allylic oxidation sites excluding steroid dienone is 4. The predicted molar refractivity (Wildman–Crippen MR) is 84.9 cm³/mol. The van der Waals surface area contributed by atoms with Gasteiger partial charge in [-0.3, -0.25) is 0 Å². The molecule has 2 unspecified atom stereocenters. The van der Waals surface area contributed by atoms with Gasteiger partial charge in [-0.05, 0) is 0 Å². The van der Waals surface area contributed by atoms with E-state index in [0.717, 1.165) is 17.0 Å². The van der Waals surface area contributed by atoms with Gasteiger partial charge in [-0.1, -0.05) is 13.8 Å². The van der Waals surface area contributed by atoms with Crippen LogP contribution in [0, 0.1) is 0 Å². The van der Waals surface area contributed by atoms with Gasteiger partial charge >= 0.3 is 120 Å². The Bertz CT molecular complexity index is 436. The summed E-state index contributed by atoms with van der Waals surface area (Å²) < 4.78 is 7.18. The molecule has 0 bridgehead atoms. The van der Waals surface area contributed by atoms with Gasteiger partial charge in [0.2, 0.25) is 0 Å². The van der Waals surface area contributed by atoms with Gasteiger partial charge in [0.1, 0.15) is 0 Å². The molecule has 20 heavy (non-hydrogen) atoms. The molecule has 1 heterocycles. The molecule has 112 valence electrons. The van der Waals surface area contributed by atoms with E-state index in [2.05, 4.69) is 30.7 Å². The first-order valence-corrected chi connectivity index (χ1v) is 8.42. The zero-order chi connectivity index (χ0) is 15.7. The third-order valence-corrected chi connectivity index (χ3v) is 3.19. The number of rotatable bonds is 3. The summed E-state index contributed by atoms with van der Waals surface area (Å²) in [5, 5.41) is 3.46. The largest absolute Gasteiger partial charge is 0.0683 e. The Kier molecular flexibility index (Phi) is 9.61. The van der Waals surface area contributed by atoms with Crippen molar-refractivity contribution in [1.29, 1.82) is 0 Å². The average Bonchev–Trinajstić information content (AvgIpc) is 2.44. The SMILES string of the molecule is C=C/C=C1/C(=NC)C(N[C](C)=[W])C(C)O/C1=C/C.CC. The number of hydrogen-bond donors (Lipinski definition) is 1. The molecule has 0 aromatic rings. The molecule has 0 radical (unpaired) electrons. The Morgan fingerprint density at radius 1 is 1.45 bits per heavy atom. The predicted octanol–water partition coefficient (Wildman–Crippen LogP) is 3.17. The van der Waals surface area contributed by atoms with Crippen LogP contribution in [0.2, 0.25) is 0 Å². The van der Waals surface area contributed by atoms with Crippen molar-refractivity contribution in [3.05, 3.63) is 36.1 Å². The van der Waals surface area contributed by atoms with Crippen LogP contribution in [0.3, 0.4) is 0 Å². The first-order valence-electron chi connectivity index (χ1n) is 6.95. The standard InChI is InChI=1S/C14H20N2O.C2H6.W/c1-6-9-11-12(7-2)17-10(4)13(16-8-3)14(11)15-5;1-2;/h6-7,9-10,13,16H,1H2,2-5H3;1-2H3;/b11-9+,12-7+,15-14?;;. The first kappa shape index (κ1) is 19.2. The van der Waals surface area contributed by atoms with Crippen molar-refractivity contribution in [1.82, 2.24) is 5.32 Å². The topological polar surface area (TPSA) is 33.6 Å². The van der Waals surface area contributed by atoms with Crippen molar-refractivity contribution in [2.24, 2.45) is 4.99 Å². The Hall–Kier alpha value is -0.792. The molecule has 1 aliphatic rings. The molecule has 0 amide bonds. The molecule has 0 spiro atoms. The maximum atomic E-state index is 5.94. The van der Waals surface area contributed by atoms with Crippen molar-refractivity contribution >= 4 is 9.73 Å².